The Morgan fingerprint density at radius 3 is 2.38 bits per heavy atom. The van der Waals surface area contributed by atoms with E-state index < -0.39 is 16.1 Å². The molecule has 1 fully saturated rings. The van der Waals surface area contributed by atoms with Gasteiger partial charge in [0.15, 0.2) is 0 Å². The quantitative estimate of drug-likeness (QED) is 0.717. The molecule has 0 spiro atoms. The Bertz CT molecular complexity index is 910. The lowest BCUT2D eigenvalue weighted by molar-refractivity contribution is 0.248. The number of nitrogens with one attached hydrogen (secondary N) is 2. The molecule has 6 nitrogen and oxygen atoms in total. The van der Waals surface area contributed by atoms with Crippen LogP contribution in [-0.2, 0) is 16.4 Å². The Balaban J connectivity index is 1.62. The Labute approximate surface area is 173 Å². The largest absolute Gasteiger partial charge is 0.335 e. The molecule has 0 saturated carbocycles. The first kappa shape index (κ1) is 21.3. The normalized spacial score (nSPS) is 16.2. The van der Waals surface area contributed by atoms with Crippen molar-refractivity contribution in [3.05, 3.63) is 60.2 Å². The van der Waals surface area contributed by atoms with E-state index >= 15 is 0 Å². The zero-order chi connectivity index (χ0) is 20.7. The van der Waals surface area contributed by atoms with E-state index in [9.17, 15) is 13.2 Å². The van der Waals surface area contributed by atoms with Gasteiger partial charge in [-0.3, -0.25) is 0 Å². The Hall–Kier alpha value is -2.38. The minimum absolute atomic E-state index is 0.0407. The third-order valence-electron chi connectivity index (χ3n) is 5.15. The Morgan fingerprint density at radius 1 is 1.00 bits per heavy atom. The first-order valence-electron chi connectivity index (χ1n) is 10.2. The second-order valence-corrected chi connectivity index (χ2v) is 9.39. The molecule has 0 radical (unpaired) electrons. The lowest BCUT2D eigenvalue weighted by Gasteiger charge is -2.27. The van der Waals surface area contributed by atoms with Crippen molar-refractivity contribution in [2.75, 3.05) is 18.4 Å². The second kappa shape index (κ2) is 9.89. The van der Waals surface area contributed by atoms with Gasteiger partial charge in [0.25, 0.3) is 0 Å². The molecule has 3 rings (SSSR count). The van der Waals surface area contributed by atoms with Gasteiger partial charge in [0.05, 0.1) is 5.69 Å². The number of carbonyl (C=O) groups excluding carboxylic acids is 1. The number of benzene rings is 2. The summed E-state index contributed by atoms with van der Waals surface area (Å²) in [6, 6.07) is 16.3. The van der Waals surface area contributed by atoms with Gasteiger partial charge >= 0.3 is 6.03 Å². The van der Waals surface area contributed by atoms with Crippen molar-refractivity contribution in [3.8, 4) is 0 Å². The summed E-state index contributed by atoms with van der Waals surface area (Å²) >= 11 is 0. The summed E-state index contributed by atoms with van der Waals surface area (Å²) in [6.07, 6.45) is 4.45. The van der Waals surface area contributed by atoms with Crippen molar-refractivity contribution < 1.29 is 13.2 Å². The van der Waals surface area contributed by atoms with E-state index in [1.807, 2.05) is 25.1 Å². The van der Waals surface area contributed by atoms with Gasteiger partial charge in [0.1, 0.15) is 4.90 Å². The number of aryl methyl sites for hydroxylation is 1. The molecular formula is C22H29N3O3S. The standard InChI is InChI=1S/C22H29N3O3S/c1-18(14-15-19-10-4-2-5-11-19)23-22(26)24-20-12-6-7-13-21(20)29(27,28)25-16-8-3-9-17-25/h2,4-7,10-13,18H,3,8-9,14-17H2,1H3,(H2,23,24,26). The van der Waals surface area contributed by atoms with Gasteiger partial charge in [0, 0.05) is 19.1 Å². The zero-order valence-electron chi connectivity index (χ0n) is 16.8. The van der Waals surface area contributed by atoms with Crippen LogP contribution in [0.25, 0.3) is 0 Å². The number of hydrogen-bond donors (Lipinski definition) is 2. The predicted octanol–water partition coefficient (Wildman–Crippen LogP) is 4.00. The minimum Gasteiger partial charge on any atom is -0.335 e. The van der Waals surface area contributed by atoms with Crippen LogP contribution in [0.15, 0.2) is 59.5 Å². The molecule has 1 saturated heterocycles. The van der Waals surface area contributed by atoms with E-state index in [0.29, 0.717) is 18.8 Å². The first-order chi connectivity index (χ1) is 14.0. The Kier molecular flexibility index (Phi) is 7.28. The van der Waals surface area contributed by atoms with Crippen LogP contribution >= 0.6 is 0 Å². The van der Waals surface area contributed by atoms with Crippen molar-refractivity contribution in [1.29, 1.82) is 0 Å². The van der Waals surface area contributed by atoms with Crippen LogP contribution in [-0.4, -0.2) is 37.9 Å². The maximum Gasteiger partial charge on any atom is 0.319 e. The predicted molar refractivity (Wildman–Crippen MR) is 115 cm³/mol. The summed E-state index contributed by atoms with van der Waals surface area (Å²) in [5, 5.41) is 5.63. The van der Waals surface area contributed by atoms with Gasteiger partial charge in [0.2, 0.25) is 10.0 Å². The summed E-state index contributed by atoms with van der Waals surface area (Å²) in [7, 11) is -3.62. The highest BCUT2D eigenvalue weighted by atomic mass is 32.2. The van der Waals surface area contributed by atoms with Gasteiger partial charge in [-0.15, -0.1) is 0 Å². The molecule has 1 atom stereocenters. The number of rotatable bonds is 7. The molecule has 29 heavy (non-hydrogen) atoms. The number of para-hydroxylation sites is 1. The van der Waals surface area contributed by atoms with E-state index in [0.717, 1.165) is 32.1 Å². The summed E-state index contributed by atoms with van der Waals surface area (Å²) in [5.74, 6) is 0. The fourth-order valence-corrected chi connectivity index (χ4v) is 5.19. The van der Waals surface area contributed by atoms with Crippen LogP contribution in [0.2, 0.25) is 0 Å². The van der Waals surface area contributed by atoms with E-state index in [1.54, 1.807) is 24.3 Å². The van der Waals surface area contributed by atoms with Crippen molar-refractivity contribution in [2.24, 2.45) is 0 Å². The molecule has 0 aromatic heterocycles. The topological polar surface area (TPSA) is 78.5 Å². The second-order valence-electron chi connectivity index (χ2n) is 7.48. The molecule has 2 aromatic rings. The van der Waals surface area contributed by atoms with Crippen molar-refractivity contribution in [2.45, 2.75) is 50.0 Å². The smallest absolute Gasteiger partial charge is 0.319 e. The average Bonchev–Trinajstić information content (AvgIpc) is 2.74. The molecular weight excluding hydrogens is 386 g/mol. The Morgan fingerprint density at radius 2 is 1.66 bits per heavy atom. The number of carbonyl (C=O) groups is 1. The molecule has 1 aliphatic rings. The highest BCUT2D eigenvalue weighted by Gasteiger charge is 2.28. The molecule has 1 unspecified atom stereocenters. The number of piperidine rings is 1. The fourth-order valence-electron chi connectivity index (χ4n) is 3.52. The van der Waals surface area contributed by atoms with E-state index in [1.165, 1.54) is 9.87 Å². The summed E-state index contributed by atoms with van der Waals surface area (Å²) in [5.41, 5.74) is 1.53. The lowest BCUT2D eigenvalue weighted by Crippen LogP contribution is -2.38. The number of sulfonamides is 1. The minimum atomic E-state index is -3.62. The number of anilines is 1. The summed E-state index contributed by atoms with van der Waals surface area (Å²) in [4.78, 5) is 12.6. The van der Waals surface area contributed by atoms with Gasteiger partial charge in [-0.2, -0.15) is 4.31 Å². The summed E-state index contributed by atoms with van der Waals surface area (Å²) in [6.45, 7) is 3.00. The van der Waals surface area contributed by atoms with Crippen LogP contribution in [0.5, 0.6) is 0 Å². The van der Waals surface area contributed by atoms with Gasteiger partial charge in [-0.25, -0.2) is 13.2 Å². The SMILES string of the molecule is CC(CCc1ccccc1)NC(=O)Nc1ccccc1S(=O)(=O)N1CCCCC1. The third kappa shape index (κ3) is 5.81. The maximum atomic E-state index is 13.0. The van der Waals surface area contributed by atoms with Crippen LogP contribution in [0.1, 0.15) is 38.2 Å². The van der Waals surface area contributed by atoms with Crippen molar-refractivity contribution >= 4 is 21.7 Å². The lowest BCUT2D eigenvalue weighted by atomic mass is 10.1. The molecule has 1 heterocycles. The molecule has 2 aromatic carbocycles. The third-order valence-corrected chi connectivity index (χ3v) is 7.11. The van der Waals surface area contributed by atoms with Crippen LogP contribution < -0.4 is 10.6 Å². The molecule has 7 heteroatoms. The number of hydrogen-bond acceptors (Lipinski definition) is 3. The molecule has 156 valence electrons. The van der Waals surface area contributed by atoms with Gasteiger partial charge in [-0.05, 0) is 50.3 Å². The van der Waals surface area contributed by atoms with Crippen LogP contribution in [0, 0.1) is 0 Å². The number of nitrogens with zero attached hydrogens (tertiary/aromatic N) is 1. The van der Waals surface area contributed by atoms with Crippen molar-refractivity contribution in [1.82, 2.24) is 9.62 Å². The van der Waals surface area contributed by atoms with Gasteiger partial charge in [-0.1, -0.05) is 48.9 Å². The van der Waals surface area contributed by atoms with E-state index in [2.05, 4.69) is 22.8 Å². The summed E-state index contributed by atoms with van der Waals surface area (Å²) < 4.78 is 27.6. The highest BCUT2D eigenvalue weighted by molar-refractivity contribution is 7.89. The molecule has 1 aliphatic heterocycles. The van der Waals surface area contributed by atoms with E-state index in [-0.39, 0.29) is 10.9 Å². The molecule has 0 bridgehead atoms. The average molecular weight is 416 g/mol. The van der Waals surface area contributed by atoms with Gasteiger partial charge < -0.3 is 10.6 Å². The monoisotopic (exact) mass is 415 g/mol. The number of amides is 2. The molecule has 0 aliphatic carbocycles. The van der Waals surface area contributed by atoms with Crippen LogP contribution in [0.3, 0.4) is 0 Å². The zero-order valence-corrected chi connectivity index (χ0v) is 17.6. The van der Waals surface area contributed by atoms with Crippen molar-refractivity contribution in [3.63, 3.8) is 0 Å². The maximum absolute atomic E-state index is 13.0. The molecule has 2 N–H and O–H groups in total. The fraction of sp³-hybridized carbons (Fsp3) is 0.409. The van der Waals surface area contributed by atoms with Crippen LogP contribution in [0.4, 0.5) is 10.5 Å². The number of urea groups is 1. The first-order valence-corrected chi connectivity index (χ1v) is 11.6. The highest BCUT2D eigenvalue weighted by Crippen LogP contribution is 2.26. The van der Waals surface area contributed by atoms with E-state index in [4.69, 9.17) is 0 Å². The molecule has 2 amide bonds.